The van der Waals surface area contributed by atoms with E-state index in [1.54, 1.807) is 0 Å². The molecular weight excluding hydrogens is 302 g/mol. The third-order valence-electron chi connectivity index (χ3n) is 2.70. The molecular formula is C14H24N5S2+. The van der Waals surface area contributed by atoms with Crippen molar-refractivity contribution < 1.29 is 4.90 Å². The monoisotopic (exact) mass is 326 g/mol. The highest BCUT2D eigenvalue weighted by Gasteiger charge is 2.00. The minimum atomic E-state index is 0.475. The number of anilines is 1. The Hall–Kier alpha value is -1.44. The van der Waals surface area contributed by atoms with Crippen LogP contribution in [0.5, 0.6) is 0 Å². The molecule has 0 aromatic heterocycles. The second-order valence-electron chi connectivity index (χ2n) is 5.14. The van der Waals surface area contributed by atoms with E-state index in [0.717, 1.165) is 25.2 Å². The highest BCUT2D eigenvalue weighted by Crippen LogP contribution is 2.08. The van der Waals surface area contributed by atoms with Gasteiger partial charge in [0, 0.05) is 18.7 Å². The lowest BCUT2D eigenvalue weighted by Crippen LogP contribution is -3.05. The van der Waals surface area contributed by atoms with Crippen molar-refractivity contribution in [1.82, 2.24) is 16.2 Å². The van der Waals surface area contributed by atoms with Crippen molar-refractivity contribution >= 4 is 40.3 Å². The SMILES string of the molecule is Cc1cccc(NC(=S)NNC(=S)NCCC[NH+](C)C)c1. The molecule has 5 N–H and O–H groups in total. The van der Waals surface area contributed by atoms with E-state index in [2.05, 4.69) is 35.6 Å². The maximum Gasteiger partial charge on any atom is 0.189 e. The van der Waals surface area contributed by atoms with E-state index in [1.165, 1.54) is 10.5 Å². The Balaban J connectivity index is 2.19. The zero-order valence-corrected chi connectivity index (χ0v) is 14.4. The van der Waals surface area contributed by atoms with E-state index in [9.17, 15) is 0 Å². The molecule has 0 saturated heterocycles. The fourth-order valence-electron chi connectivity index (χ4n) is 1.69. The van der Waals surface area contributed by atoms with Crippen LogP contribution in [0.25, 0.3) is 0 Å². The predicted octanol–water partition coefficient (Wildman–Crippen LogP) is 0.195. The molecule has 116 valence electrons. The Morgan fingerprint density at radius 1 is 1.14 bits per heavy atom. The Bertz CT molecular complexity index is 476. The number of thiocarbonyl (C=S) groups is 2. The zero-order chi connectivity index (χ0) is 15.7. The topological polar surface area (TPSA) is 52.6 Å². The quantitative estimate of drug-likeness (QED) is 0.303. The number of rotatable bonds is 5. The lowest BCUT2D eigenvalue weighted by Gasteiger charge is -2.14. The van der Waals surface area contributed by atoms with Crippen molar-refractivity contribution in [2.45, 2.75) is 13.3 Å². The summed E-state index contributed by atoms with van der Waals surface area (Å²) >= 11 is 10.3. The van der Waals surface area contributed by atoms with Crippen LogP contribution in [0.15, 0.2) is 24.3 Å². The molecule has 0 bridgehead atoms. The molecule has 0 atom stereocenters. The van der Waals surface area contributed by atoms with E-state index in [-0.39, 0.29) is 0 Å². The lowest BCUT2D eigenvalue weighted by molar-refractivity contribution is -0.858. The molecule has 0 aliphatic carbocycles. The van der Waals surface area contributed by atoms with Crippen LogP contribution in [0, 0.1) is 6.92 Å². The molecule has 0 unspecified atom stereocenters. The van der Waals surface area contributed by atoms with E-state index in [1.807, 2.05) is 31.2 Å². The molecule has 0 radical (unpaired) electrons. The number of hydrogen-bond donors (Lipinski definition) is 5. The summed E-state index contributed by atoms with van der Waals surface area (Å²) in [6, 6.07) is 8.00. The maximum absolute atomic E-state index is 5.19. The summed E-state index contributed by atoms with van der Waals surface area (Å²) in [5.41, 5.74) is 7.85. The van der Waals surface area contributed by atoms with Crippen molar-refractivity contribution in [2.24, 2.45) is 0 Å². The largest absolute Gasteiger partial charge is 0.361 e. The summed E-state index contributed by atoms with van der Waals surface area (Å²) in [5, 5.41) is 7.22. The fraction of sp³-hybridized carbons (Fsp3) is 0.429. The normalized spacial score (nSPS) is 10.1. The van der Waals surface area contributed by atoms with Crippen LogP contribution in [0.1, 0.15) is 12.0 Å². The molecule has 0 heterocycles. The number of aryl methyl sites for hydroxylation is 1. The summed E-state index contributed by atoms with van der Waals surface area (Å²) in [5.74, 6) is 0. The Morgan fingerprint density at radius 2 is 1.86 bits per heavy atom. The van der Waals surface area contributed by atoms with Crippen molar-refractivity contribution in [2.75, 3.05) is 32.5 Å². The third kappa shape index (κ3) is 8.44. The molecule has 0 saturated carbocycles. The van der Waals surface area contributed by atoms with Gasteiger partial charge in [0.05, 0.1) is 20.6 Å². The maximum atomic E-state index is 5.19. The summed E-state index contributed by atoms with van der Waals surface area (Å²) in [6.07, 6.45) is 1.07. The van der Waals surface area contributed by atoms with Crippen molar-refractivity contribution in [3.05, 3.63) is 29.8 Å². The summed E-state index contributed by atoms with van der Waals surface area (Å²) in [4.78, 5) is 1.43. The van der Waals surface area contributed by atoms with Crippen molar-refractivity contribution in [3.8, 4) is 0 Å². The molecule has 1 aromatic carbocycles. The van der Waals surface area contributed by atoms with Crippen LogP contribution in [0.4, 0.5) is 5.69 Å². The lowest BCUT2D eigenvalue weighted by atomic mass is 10.2. The number of nitrogens with one attached hydrogen (secondary N) is 5. The minimum Gasteiger partial charge on any atom is -0.361 e. The van der Waals surface area contributed by atoms with Crippen LogP contribution in [-0.4, -0.2) is 37.4 Å². The van der Waals surface area contributed by atoms with Gasteiger partial charge in [-0.15, -0.1) is 0 Å². The molecule has 7 heteroatoms. The third-order valence-corrected chi connectivity index (χ3v) is 3.16. The fourth-order valence-corrected chi connectivity index (χ4v) is 2.01. The summed E-state index contributed by atoms with van der Waals surface area (Å²) in [6.45, 7) is 3.99. The second kappa shape index (κ2) is 9.49. The molecule has 0 aliphatic heterocycles. The Kier molecular flexibility index (Phi) is 7.96. The predicted molar refractivity (Wildman–Crippen MR) is 96.6 cm³/mol. The van der Waals surface area contributed by atoms with Gasteiger partial charge in [-0.2, -0.15) is 0 Å². The zero-order valence-electron chi connectivity index (χ0n) is 12.7. The van der Waals surface area contributed by atoms with Gasteiger partial charge in [0.25, 0.3) is 0 Å². The van der Waals surface area contributed by atoms with Crippen molar-refractivity contribution in [1.29, 1.82) is 0 Å². The molecule has 0 amide bonds. The molecule has 1 aromatic rings. The van der Waals surface area contributed by atoms with Gasteiger partial charge < -0.3 is 15.5 Å². The van der Waals surface area contributed by atoms with Crippen LogP contribution in [0.2, 0.25) is 0 Å². The standard InChI is InChI=1S/C14H23N5S2/c1-11-6-4-7-12(10-11)16-14(21)18-17-13(20)15-8-5-9-19(2)3/h4,6-7,10H,5,8-9H2,1-3H3,(H2,15,17,20)(H2,16,18,21)/p+1. The Labute approximate surface area is 137 Å². The smallest absolute Gasteiger partial charge is 0.189 e. The van der Waals surface area contributed by atoms with E-state index in [4.69, 9.17) is 24.4 Å². The first-order valence-electron chi connectivity index (χ1n) is 6.94. The van der Waals surface area contributed by atoms with E-state index < -0.39 is 0 Å². The first-order chi connectivity index (χ1) is 9.97. The van der Waals surface area contributed by atoms with Gasteiger partial charge in [0.1, 0.15) is 0 Å². The van der Waals surface area contributed by atoms with Gasteiger partial charge in [0.2, 0.25) is 0 Å². The van der Waals surface area contributed by atoms with Gasteiger partial charge in [-0.3, -0.25) is 10.9 Å². The molecule has 21 heavy (non-hydrogen) atoms. The van der Waals surface area contributed by atoms with E-state index in [0.29, 0.717) is 10.2 Å². The van der Waals surface area contributed by atoms with E-state index >= 15 is 0 Å². The summed E-state index contributed by atoms with van der Waals surface area (Å²) < 4.78 is 0. The van der Waals surface area contributed by atoms with Crippen molar-refractivity contribution in [3.63, 3.8) is 0 Å². The van der Waals surface area contributed by atoms with Gasteiger partial charge in [-0.05, 0) is 49.1 Å². The average Bonchev–Trinajstić information content (AvgIpc) is 2.41. The Morgan fingerprint density at radius 3 is 2.52 bits per heavy atom. The molecule has 5 nitrogen and oxygen atoms in total. The highest BCUT2D eigenvalue weighted by atomic mass is 32.1. The molecule has 1 rings (SSSR count). The van der Waals surface area contributed by atoms with Gasteiger partial charge in [0.15, 0.2) is 10.2 Å². The van der Waals surface area contributed by atoms with Crippen LogP contribution in [0.3, 0.4) is 0 Å². The number of benzene rings is 1. The number of quaternary nitrogens is 1. The minimum absolute atomic E-state index is 0.475. The molecule has 0 aliphatic rings. The van der Waals surface area contributed by atoms with Crippen LogP contribution >= 0.6 is 24.4 Å². The van der Waals surface area contributed by atoms with Crippen LogP contribution in [-0.2, 0) is 0 Å². The second-order valence-corrected chi connectivity index (χ2v) is 5.96. The summed E-state index contributed by atoms with van der Waals surface area (Å²) in [7, 11) is 4.26. The number of hydrazine groups is 1. The average molecular weight is 327 g/mol. The highest BCUT2D eigenvalue weighted by molar-refractivity contribution is 7.80. The van der Waals surface area contributed by atoms with Crippen LogP contribution < -0.4 is 26.4 Å². The molecule has 0 spiro atoms. The first-order valence-corrected chi connectivity index (χ1v) is 7.75. The number of hydrogen-bond acceptors (Lipinski definition) is 2. The first kappa shape index (κ1) is 17.6. The molecule has 0 fully saturated rings. The van der Waals surface area contributed by atoms with Gasteiger partial charge in [-0.25, -0.2) is 0 Å². The van der Waals surface area contributed by atoms with Gasteiger partial charge >= 0.3 is 0 Å². The van der Waals surface area contributed by atoms with Gasteiger partial charge in [-0.1, -0.05) is 12.1 Å².